The fourth-order valence-corrected chi connectivity index (χ4v) is 19.3. The number of hydrogen-bond donors (Lipinski definition) is 0. The van der Waals surface area contributed by atoms with Crippen LogP contribution < -0.4 is 52.8 Å². The number of halogens is 3. The van der Waals surface area contributed by atoms with Crippen LogP contribution in [-0.4, -0.2) is 8.07 Å². The molecule has 3 aromatic carbocycles. The van der Waals surface area contributed by atoms with Gasteiger partial charge in [-0.3, -0.25) is 0 Å². The second-order valence-electron chi connectivity index (χ2n) is 19.9. The van der Waals surface area contributed by atoms with Crippen LogP contribution in [0.1, 0.15) is 242 Å². The van der Waals surface area contributed by atoms with E-state index in [1.807, 2.05) is 0 Å². The monoisotopic (exact) mass is 1010 g/mol. The maximum absolute atomic E-state index is 2.87. The van der Waals surface area contributed by atoms with Crippen LogP contribution in [0.3, 0.4) is 0 Å². The van der Waals surface area contributed by atoms with Crippen LogP contribution in [0.25, 0.3) is 0 Å². The normalized spacial score (nSPS) is 14.5. The van der Waals surface area contributed by atoms with Crippen molar-refractivity contribution < 1.29 is 57.7 Å². The second-order valence-corrected chi connectivity index (χ2v) is 26.0. The van der Waals surface area contributed by atoms with E-state index < -0.39 is 8.07 Å². The van der Waals surface area contributed by atoms with E-state index in [0.29, 0.717) is 0 Å². The maximum Gasteiger partial charge on any atom is -1.00 e. The summed E-state index contributed by atoms with van der Waals surface area (Å²) < 4.78 is -0.0807. The van der Waals surface area contributed by atoms with Crippen molar-refractivity contribution in [1.29, 1.82) is 0 Å². The van der Waals surface area contributed by atoms with Crippen molar-refractivity contribution in [1.82, 2.24) is 0 Å². The Bertz CT molecular complexity index is 1530. The van der Waals surface area contributed by atoms with Crippen LogP contribution in [0.2, 0.25) is 3.34 Å². The second kappa shape index (κ2) is 36.0. The average Bonchev–Trinajstić information content (AvgIpc) is 3.68. The van der Waals surface area contributed by atoms with Crippen LogP contribution in [-0.2, 0) is 59.0 Å². The molecule has 1 atom stereocenters. The molecule has 5 heteroatoms. The third-order valence-corrected chi connectivity index (χ3v) is 22.1. The minimum absolute atomic E-state index is 0. The van der Waals surface area contributed by atoms with E-state index in [1.54, 1.807) is 54.5 Å². The molecule has 4 rings (SSSR count). The zero-order valence-electron chi connectivity index (χ0n) is 43.5. The van der Waals surface area contributed by atoms with Crippen molar-refractivity contribution in [3.05, 3.63) is 112 Å². The fraction of sp³-hybridized carbons (Fsp3) is 0.639. The van der Waals surface area contributed by atoms with Gasteiger partial charge in [0.25, 0.3) is 0 Å². The van der Waals surface area contributed by atoms with Crippen molar-refractivity contribution in [2.45, 2.75) is 251 Å². The molecule has 0 heterocycles. The molecule has 0 saturated heterocycles. The number of unbranched alkanes of at least 4 members (excludes halogenated alkanes) is 18. The molecule has 0 radical (unpaired) electrons. The first kappa shape index (κ1) is 63.0. The van der Waals surface area contributed by atoms with Gasteiger partial charge in [0.1, 0.15) is 0 Å². The molecule has 66 heavy (non-hydrogen) atoms. The van der Waals surface area contributed by atoms with Crippen molar-refractivity contribution >= 4 is 23.6 Å². The van der Waals surface area contributed by atoms with Crippen LogP contribution in [0.5, 0.6) is 0 Å². The maximum atomic E-state index is 2.81. The summed E-state index contributed by atoms with van der Waals surface area (Å²) in [4.78, 5) is 0. The van der Waals surface area contributed by atoms with E-state index in [-0.39, 0.29) is 40.6 Å². The van der Waals surface area contributed by atoms with Crippen molar-refractivity contribution in [3.63, 3.8) is 0 Å². The van der Waals surface area contributed by atoms with Crippen LogP contribution in [0.15, 0.2) is 78.4 Å². The van der Waals surface area contributed by atoms with Gasteiger partial charge in [0.05, 0.1) is 0 Å². The van der Waals surface area contributed by atoms with Crippen molar-refractivity contribution in [2.75, 3.05) is 0 Å². The molecule has 1 unspecified atom stereocenters. The molecule has 3 aromatic rings. The van der Waals surface area contributed by atoms with Gasteiger partial charge in [-0.25, -0.2) is 0 Å². The van der Waals surface area contributed by atoms with Gasteiger partial charge >= 0.3 is 407 Å². The molecule has 0 N–H and O–H groups in total. The van der Waals surface area contributed by atoms with E-state index in [1.165, 1.54) is 193 Å². The molecule has 0 saturated carbocycles. The van der Waals surface area contributed by atoms with Gasteiger partial charge < -0.3 is 37.2 Å². The first-order valence-electron chi connectivity index (χ1n) is 27.4. The van der Waals surface area contributed by atoms with Gasteiger partial charge in [-0.05, 0) is 0 Å². The summed E-state index contributed by atoms with van der Waals surface area (Å²) in [6.45, 7) is 16.6. The van der Waals surface area contributed by atoms with E-state index >= 15 is 0 Å². The van der Waals surface area contributed by atoms with Gasteiger partial charge in [-0.2, -0.15) is 0 Å². The quantitative estimate of drug-likeness (QED) is 0.0318. The Kier molecular flexibility index (Phi) is 34.3. The topological polar surface area (TPSA) is 0 Å². The van der Waals surface area contributed by atoms with Crippen molar-refractivity contribution in [3.8, 4) is 0 Å². The zero-order chi connectivity index (χ0) is 45.2. The molecule has 0 aromatic heterocycles. The van der Waals surface area contributed by atoms with E-state index in [2.05, 4.69) is 142 Å². The van der Waals surface area contributed by atoms with E-state index in [0.717, 1.165) is 6.42 Å². The zero-order valence-corrected chi connectivity index (χ0v) is 48.3. The molecule has 0 fully saturated rings. The van der Waals surface area contributed by atoms with E-state index in [4.69, 9.17) is 0 Å². The average molecular weight is 1010 g/mol. The predicted molar refractivity (Wildman–Crippen MR) is 281 cm³/mol. The van der Waals surface area contributed by atoms with Gasteiger partial charge in [0, 0.05) is 0 Å². The third kappa shape index (κ3) is 18.9. The standard InChI is InChI=1S/C61H95Si.3ClH.Ti/c1-8-15-21-27-34-51-42-52(35-28-22-16-9-2)46-58(45-51)62(61-41-33-40-57(61)14-7,59-47-53(36-29-23-17-10-3)43-54(48-59)37-30-24-18-11-4)60-49-55(38-31-25-19-12-5)44-56(50-60)39-32-26-20-13-6;;;;/h33,40-50H,8-32,34-39H2,1-7H3;3*1H;/q;;;;+3/p-3. The summed E-state index contributed by atoms with van der Waals surface area (Å²) >= 11 is 2.72. The number of hydrogen-bond acceptors (Lipinski definition) is 0. The van der Waals surface area contributed by atoms with Gasteiger partial charge in [0.2, 0.25) is 0 Å². The fourth-order valence-electron chi connectivity index (χ4n) is 10.8. The molecular weight excluding hydrogens is 915 g/mol. The summed E-state index contributed by atoms with van der Waals surface area (Å²) in [7, 11) is -2.87. The summed E-state index contributed by atoms with van der Waals surface area (Å²) in [6.07, 6.45) is 47.6. The molecule has 0 amide bonds. The van der Waals surface area contributed by atoms with Crippen molar-refractivity contribution in [2.24, 2.45) is 0 Å². The minimum Gasteiger partial charge on any atom is -1.00 e. The summed E-state index contributed by atoms with van der Waals surface area (Å²) in [6, 6.07) is 24.8. The van der Waals surface area contributed by atoms with Gasteiger partial charge in [-0.15, -0.1) is 0 Å². The van der Waals surface area contributed by atoms with Gasteiger partial charge in [0.15, 0.2) is 0 Å². The Hall–Kier alpha value is -1.06. The van der Waals surface area contributed by atoms with Crippen LogP contribution >= 0.6 is 0 Å². The molecule has 1 aliphatic rings. The first-order valence-corrected chi connectivity index (χ1v) is 30.1. The Morgan fingerprint density at radius 2 is 0.591 bits per heavy atom. The Labute approximate surface area is 440 Å². The van der Waals surface area contributed by atoms with E-state index in [9.17, 15) is 0 Å². The molecule has 0 bridgehead atoms. The molecule has 0 spiro atoms. The predicted octanol–water partition coefficient (Wildman–Crippen LogP) is 8.06. The molecule has 1 aliphatic carbocycles. The van der Waals surface area contributed by atoms with Gasteiger partial charge in [-0.1, -0.05) is 0 Å². The summed E-state index contributed by atoms with van der Waals surface area (Å²) in [5, 5.41) is 5.07. The minimum atomic E-state index is -2.87. The molecule has 0 nitrogen and oxygen atoms in total. The molecular formula is C61H95Cl3SiTi. The summed E-state index contributed by atoms with van der Waals surface area (Å²) in [5.74, 6) is 0. The molecule has 368 valence electrons. The number of benzene rings is 3. The smallest absolute Gasteiger partial charge is 1.00 e. The number of rotatable bonds is 35. The Morgan fingerprint density at radius 3 is 0.803 bits per heavy atom. The largest absolute Gasteiger partial charge is 1.00 e. The first-order chi connectivity index (χ1) is 30.8. The third-order valence-electron chi connectivity index (χ3n) is 14.5. The number of allylic oxidation sites excluding steroid dienone is 4. The molecule has 0 aliphatic heterocycles. The van der Waals surface area contributed by atoms with Crippen LogP contribution in [0.4, 0.5) is 0 Å². The Morgan fingerprint density at radius 1 is 0.348 bits per heavy atom. The summed E-state index contributed by atoms with van der Waals surface area (Å²) in [5.41, 5.74) is 11.3. The number of aryl methyl sites for hydroxylation is 6. The Balaban J connectivity index is 0.00000726. The van der Waals surface area contributed by atoms with Crippen LogP contribution in [0, 0.1) is 0 Å². The SMILES string of the molecule is CCCCCCc1cc(CCCCCC)cc([Si](c2cc(CCCCCC)cc(CCCCCC)c2)(c2cc(CCCCCC)cc(CCCCCC)c2)[C]2([Ti+3])C=CC=C2CC)c1.[Cl-].[Cl-].[Cl-].